The first kappa shape index (κ1) is 16.9. The van der Waals surface area contributed by atoms with Crippen LogP contribution in [0.4, 0.5) is 0 Å². The zero-order valence-corrected chi connectivity index (χ0v) is 16.1. The van der Waals surface area contributed by atoms with Gasteiger partial charge in [0.25, 0.3) is 5.56 Å². The summed E-state index contributed by atoms with van der Waals surface area (Å²) in [7, 11) is 0. The molecule has 0 unspecified atom stereocenters. The Kier molecular flexibility index (Phi) is 3.89. The van der Waals surface area contributed by atoms with Gasteiger partial charge in [-0.2, -0.15) is 5.10 Å². The van der Waals surface area contributed by atoms with Crippen LogP contribution >= 0.6 is 0 Å². The van der Waals surface area contributed by atoms with Crippen molar-refractivity contribution in [2.45, 2.75) is 33.1 Å². The molecule has 0 atom stereocenters. The third-order valence-electron chi connectivity index (χ3n) is 5.41. The van der Waals surface area contributed by atoms with Gasteiger partial charge in [0, 0.05) is 18.7 Å². The van der Waals surface area contributed by atoms with E-state index in [4.69, 9.17) is 0 Å². The standard InChI is InChI=1S/C21H22N6O/c1-14-10-18(24-26-12-15(2)23-20(14)26)16-6-7-17-19(11-16)22-13-27(21(17)28)25-8-4-3-5-9-25/h6-7,10-13H,3-5,8-9H2,1-2H3. The Hall–Kier alpha value is -3.22. The van der Waals surface area contributed by atoms with Gasteiger partial charge in [0.15, 0.2) is 5.65 Å². The summed E-state index contributed by atoms with van der Waals surface area (Å²) in [4.78, 5) is 22.0. The molecule has 1 saturated heterocycles. The number of imidazole rings is 1. The Balaban J connectivity index is 1.59. The fraction of sp³-hybridized carbons (Fsp3) is 0.333. The van der Waals surface area contributed by atoms with Gasteiger partial charge in [-0.25, -0.2) is 19.2 Å². The summed E-state index contributed by atoms with van der Waals surface area (Å²) in [6.45, 7) is 5.79. The predicted molar refractivity (Wildman–Crippen MR) is 109 cm³/mol. The van der Waals surface area contributed by atoms with E-state index < -0.39 is 0 Å². The lowest BCUT2D eigenvalue weighted by Gasteiger charge is -2.29. The van der Waals surface area contributed by atoms with Gasteiger partial charge >= 0.3 is 0 Å². The SMILES string of the molecule is Cc1cn2nc(-c3ccc4c(=O)n(N5CCCCC5)cnc4c3)cc(C)c2n1. The predicted octanol–water partition coefficient (Wildman–Crippen LogP) is 2.84. The Morgan fingerprint density at radius 3 is 2.68 bits per heavy atom. The van der Waals surface area contributed by atoms with Crippen LogP contribution < -0.4 is 10.6 Å². The van der Waals surface area contributed by atoms with Crippen LogP contribution in [0.15, 0.2) is 41.6 Å². The molecule has 0 N–H and O–H groups in total. The van der Waals surface area contributed by atoms with Crippen molar-refractivity contribution in [2.75, 3.05) is 18.1 Å². The van der Waals surface area contributed by atoms with Crippen molar-refractivity contribution in [3.63, 3.8) is 0 Å². The maximum absolute atomic E-state index is 13.0. The van der Waals surface area contributed by atoms with Crippen LogP contribution in [0.2, 0.25) is 0 Å². The maximum atomic E-state index is 13.0. The lowest BCUT2D eigenvalue weighted by atomic mass is 10.1. The van der Waals surface area contributed by atoms with E-state index in [0.717, 1.165) is 54.1 Å². The Morgan fingerprint density at radius 1 is 1.04 bits per heavy atom. The highest BCUT2D eigenvalue weighted by molar-refractivity contribution is 5.83. The van der Waals surface area contributed by atoms with E-state index in [1.165, 1.54) is 6.42 Å². The van der Waals surface area contributed by atoms with E-state index in [1.807, 2.05) is 48.8 Å². The molecule has 3 aromatic heterocycles. The number of rotatable bonds is 2. The average molecular weight is 374 g/mol. The van der Waals surface area contributed by atoms with Crippen LogP contribution in [0.1, 0.15) is 30.5 Å². The van der Waals surface area contributed by atoms with E-state index in [0.29, 0.717) is 10.9 Å². The van der Waals surface area contributed by atoms with E-state index in [9.17, 15) is 4.79 Å². The fourth-order valence-electron chi connectivity index (χ4n) is 3.95. The lowest BCUT2D eigenvalue weighted by Crippen LogP contribution is -2.45. The monoisotopic (exact) mass is 374 g/mol. The molecule has 1 fully saturated rings. The molecule has 28 heavy (non-hydrogen) atoms. The highest BCUT2D eigenvalue weighted by atomic mass is 16.1. The second kappa shape index (κ2) is 6.44. The van der Waals surface area contributed by atoms with Crippen molar-refractivity contribution >= 4 is 16.6 Å². The fourth-order valence-corrected chi connectivity index (χ4v) is 3.95. The smallest absolute Gasteiger partial charge is 0.279 e. The molecule has 7 nitrogen and oxygen atoms in total. The van der Waals surface area contributed by atoms with Crippen LogP contribution in [-0.2, 0) is 0 Å². The summed E-state index contributed by atoms with van der Waals surface area (Å²) < 4.78 is 3.48. The number of aryl methyl sites for hydroxylation is 2. The van der Waals surface area contributed by atoms with Gasteiger partial charge in [-0.05, 0) is 56.9 Å². The number of aromatic nitrogens is 5. The quantitative estimate of drug-likeness (QED) is 0.540. The van der Waals surface area contributed by atoms with Gasteiger partial charge in [0.05, 0.1) is 28.5 Å². The molecule has 0 aliphatic carbocycles. The Morgan fingerprint density at radius 2 is 1.86 bits per heavy atom. The highest BCUT2D eigenvalue weighted by Crippen LogP contribution is 2.23. The van der Waals surface area contributed by atoms with Crippen LogP contribution in [0, 0.1) is 13.8 Å². The molecule has 1 aromatic carbocycles. The molecule has 4 heterocycles. The molecule has 0 amide bonds. The third-order valence-corrected chi connectivity index (χ3v) is 5.41. The van der Waals surface area contributed by atoms with Gasteiger partial charge in [0.1, 0.15) is 6.33 Å². The van der Waals surface area contributed by atoms with Crippen molar-refractivity contribution in [1.29, 1.82) is 0 Å². The molecule has 1 aliphatic heterocycles. The molecule has 5 rings (SSSR count). The first-order valence-corrected chi connectivity index (χ1v) is 9.71. The summed E-state index contributed by atoms with van der Waals surface area (Å²) in [5, 5.41) is 7.40. The molecular weight excluding hydrogens is 352 g/mol. The minimum atomic E-state index is -0.0109. The number of hydrogen-bond acceptors (Lipinski definition) is 5. The minimum Gasteiger partial charge on any atom is -0.309 e. The molecule has 7 heteroatoms. The van der Waals surface area contributed by atoms with Crippen LogP contribution in [-0.4, -0.2) is 37.3 Å². The van der Waals surface area contributed by atoms with Gasteiger partial charge in [0.2, 0.25) is 0 Å². The second-order valence-electron chi connectivity index (χ2n) is 7.50. The normalized spacial score (nSPS) is 14.9. The average Bonchev–Trinajstić information content (AvgIpc) is 3.09. The van der Waals surface area contributed by atoms with Gasteiger partial charge < -0.3 is 5.01 Å². The Labute approximate surface area is 162 Å². The molecule has 1 aliphatic rings. The van der Waals surface area contributed by atoms with Crippen LogP contribution in [0.25, 0.3) is 27.8 Å². The number of hydrogen-bond donors (Lipinski definition) is 0. The maximum Gasteiger partial charge on any atom is 0.279 e. The molecule has 0 saturated carbocycles. The van der Waals surface area contributed by atoms with Gasteiger partial charge in [-0.1, -0.05) is 6.07 Å². The van der Waals surface area contributed by atoms with Crippen molar-refractivity contribution in [2.24, 2.45) is 0 Å². The van der Waals surface area contributed by atoms with Crippen molar-refractivity contribution < 1.29 is 0 Å². The molecule has 0 radical (unpaired) electrons. The molecule has 0 spiro atoms. The highest BCUT2D eigenvalue weighted by Gasteiger charge is 2.15. The summed E-state index contributed by atoms with van der Waals surface area (Å²) in [6, 6.07) is 7.77. The first-order chi connectivity index (χ1) is 13.6. The van der Waals surface area contributed by atoms with Gasteiger partial charge in [-0.15, -0.1) is 0 Å². The van der Waals surface area contributed by atoms with Gasteiger partial charge in [-0.3, -0.25) is 4.79 Å². The summed E-state index contributed by atoms with van der Waals surface area (Å²) in [5.41, 5.74) is 5.32. The first-order valence-electron chi connectivity index (χ1n) is 9.71. The molecule has 4 aromatic rings. The number of fused-ring (bicyclic) bond motifs is 2. The summed E-state index contributed by atoms with van der Waals surface area (Å²) >= 11 is 0. The lowest BCUT2D eigenvalue weighted by molar-refractivity contribution is 0.468. The van der Waals surface area contributed by atoms with E-state index >= 15 is 0 Å². The summed E-state index contributed by atoms with van der Waals surface area (Å²) in [6.07, 6.45) is 7.03. The van der Waals surface area contributed by atoms with Crippen LogP contribution in [0.5, 0.6) is 0 Å². The number of nitrogens with zero attached hydrogens (tertiary/aromatic N) is 6. The van der Waals surface area contributed by atoms with Crippen molar-refractivity contribution in [3.8, 4) is 11.3 Å². The minimum absolute atomic E-state index is 0.0109. The van der Waals surface area contributed by atoms with E-state index in [-0.39, 0.29) is 5.56 Å². The zero-order chi connectivity index (χ0) is 19.3. The summed E-state index contributed by atoms with van der Waals surface area (Å²) in [5.74, 6) is 0. The third kappa shape index (κ3) is 2.74. The largest absolute Gasteiger partial charge is 0.309 e. The molecule has 142 valence electrons. The van der Waals surface area contributed by atoms with E-state index in [1.54, 1.807) is 11.0 Å². The van der Waals surface area contributed by atoms with Crippen molar-refractivity contribution in [3.05, 3.63) is 58.4 Å². The number of benzene rings is 1. The Bertz CT molecular complexity index is 1250. The number of piperidine rings is 1. The topological polar surface area (TPSA) is 68.3 Å². The van der Waals surface area contributed by atoms with E-state index in [2.05, 4.69) is 20.1 Å². The zero-order valence-electron chi connectivity index (χ0n) is 16.1. The molecular formula is C21H22N6O. The van der Waals surface area contributed by atoms with Crippen molar-refractivity contribution in [1.82, 2.24) is 24.3 Å². The molecule has 0 bridgehead atoms. The van der Waals surface area contributed by atoms with Crippen LogP contribution in [0.3, 0.4) is 0 Å². The second-order valence-corrected chi connectivity index (χ2v) is 7.50.